The van der Waals surface area contributed by atoms with E-state index in [2.05, 4.69) is 9.97 Å². The normalized spacial score (nSPS) is 10.8. The maximum atomic E-state index is 10.7. The lowest BCUT2D eigenvalue weighted by Gasteiger charge is -1.92. The Hall–Kier alpha value is -1.62. The number of rotatable bonds is 1. The summed E-state index contributed by atoms with van der Waals surface area (Å²) in [5.74, 6) is -0.494. The Bertz CT molecular complexity index is 457. The summed E-state index contributed by atoms with van der Waals surface area (Å²) in [6.45, 7) is 0.399. The molecule has 0 atom stereocenters. The van der Waals surface area contributed by atoms with Gasteiger partial charge in [0.25, 0.3) is 0 Å². The number of nitrogens with two attached hydrogens (primary N) is 1. The minimum absolute atomic E-state index is 0.317. The van der Waals surface area contributed by atoms with Gasteiger partial charge in [0.2, 0.25) is 5.71 Å². The zero-order valence-electron chi connectivity index (χ0n) is 6.20. The summed E-state index contributed by atoms with van der Waals surface area (Å²) in [7, 11) is 0. The average Bonchev–Trinajstić information content (AvgIpc) is 2.43. The third-order valence-corrected chi connectivity index (χ3v) is 1.57. The van der Waals surface area contributed by atoms with Crippen molar-refractivity contribution >= 4 is 11.2 Å². The third-order valence-electron chi connectivity index (χ3n) is 1.57. The molecule has 0 saturated heterocycles. The van der Waals surface area contributed by atoms with E-state index in [1.54, 1.807) is 12.3 Å². The maximum Gasteiger partial charge on any atom is 0.418 e. The smallest absolute Gasteiger partial charge is 0.389 e. The Morgan fingerprint density at radius 1 is 1.67 bits per heavy atom. The molecule has 0 radical (unpaired) electrons. The Kier molecular flexibility index (Phi) is 1.44. The van der Waals surface area contributed by atoms with Gasteiger partial charge in [-0.15, -0.1) is 0 Å². The van der Waals surface area contributed by atoms with Crippen molar-refractivity contribution < 1.29 is 4.42 Å². The van der Waals surface area contributed by atoms with Crippen LogP contribution in [0.5, 0.6) is 0 Å². The van der Waals surface area contributed by atoms with E-state index in [0.717, 1.165) is 5.56 Å². The van der Waals surface area contributed by atoms with Gasteiger partial charge >= 0.3 is 5.76 Å². The molecule has 0 aliphatic carbocycles. The number of pyridine rings is 1. The van der Waals surface area contributed by atoms with E-state index in [9.17, 15) is 4.79 Å². The molecule has 5 nitrogen and oxygen atoms in total. The number of oxazole rings is 1. The molecule has 0 saturated carbocycles. The predicted molar refractivity (Wildman–Crippen MR) is 42.5 cm³/mol. The van der Waals surface area contributed by atoms with Crippen LogP contribution in [-0.2, 0) is 6.54 Å². The molecular weight excluding hydrogens is 158 g/mol. The van der Waals surface area contributed by atoms with Crippen molar-refractivity contribution in [2.24, 2.45) is 5.73 Å². The Morgan fingerprint density at radius 3 is 3.25 bits per heavy atom. The second-order valence-electron chi connectivity index (χ2n) is 2.41. The molecule has 0 aliphatic rings. The first-order chi connectivity index (χ1) is 5.79. The van der Waals surface area contributed by atoms with Crippen LogP contribution in [0.3, 0.4) is 0 Å². The van der Waals surface area contributed by atoms with Crippen molar-refractivity contribution in [3.8, 4) is 0 Å². The second-order valence-corrected chi connectivity index (χ2v) is 2.41. The molecule has 0 amide bonds. The Balaban J connectivity index is 2.74. The molecule has 2 rings (SSSR count). The second kappa shape index (κ2) is 2.46. The number of nitrogens with one attached hydrogen (secondary N) is 1. The molecular formula is C7H7N3O2. The summed E-state index contributed by atoms with van der Waals surface area (Å²) in [6.07, 6.45) is 1.58. The molecule has 2 heterocycles. The van der Waals surface area contributed by atoms with Gasteiger partial charge in [0, 0.05) is 12.7 Å². The van der Waals surface area contributed by atoms with Gasteiger partial charge in [-0.05, 0) is 11.6 Å². The summed E-state index contributed by atoms with van der Waals surface area (Å²) in [5.41, 5.74) is 7.15. The summed E-state index contributed by atoms with van der Waals surface area (Å²) >= 11 is 0. The highest BCUT2D eigenvalue weighted by atomic mass is 16.4. The van der Waals surface area contributed by atoms with Crippen molar-refractivity contribution in [2.75, 3.05) is 0 Å². The lowest BCUT2D eigenvalue weighted by molar-refractivity contribution is 0.545. The molecule has 0 fully saturated rings. The van der Waals surface area contributed by atoms with E-state index in [0.29, 0.717) is 17.8 Å². The minimum atomic E-state index is -0.494. The number of hydrogen-bond acceptors (Lipinski definition) is 4. The van der Waals surface area contributed by atoms with E-state index in [-0.39, 0.29) is 0 Å². The zero-order valence-corrected chi connectivity index (χ0v) is 6.20. The number of nitrogens with zero attached hydrogens (tertiary/aromatic N) is 1. The van der Waals surface area contributed by atoms with Gasteiger partial charge in [-0.2, -0.15) is 0 Å². The molecule has 5 heteroatoms. The highest BCUT2D eigenvalue weighted by Gasteiger charge is 2.01. The van der Waals surface area contributed by atoms with Crippen LogP contribution in [0.1, 0.15) is 5.56 Å². The number of fused-ring (bicyclic) bond motifs is 1. The van der Waals surface area contributed by atoms with Crippen molar-refractivity contribution in [3.05, 3.63) is 28.4 Å². The number of H-pyrrole nitrogens is 1. The first-order valence-electron chi connectivity index (χ1n) is 3.47. The quantitative estimate of drug-likeness (QED) is 0.621. The average molecular weight is 165 g/mol. The summed E-state index contributed by atoms with van der Waals surface area (Å²) < 4.78 is 4.70. The van der Waals surface area contributed by atoms with E-state index in [4.69, 9.17) is 10.2 Å². The standard InChI is InChI=1S/C7H7N3O2/c8-2-4-1-5-6(9-3-4)12-7(11)10-5/h1,3H,2,8H2,(H,10,11). The lowest BCUT2D eigenvalue weighted by atomic mass is 10.3. The minimum Gasteiger partial charge on any atom is -0.389 e. The van der Waals surface area contributed by atoms with Gasteiger partial charge in [0.1, 0.15) is 5.52 Å². The van der Waals surface area contributed by atoms with Crippen LogP contribution in [0.25, 0.3) is 11.2 Å². The van der Waals surface area contributed by atoms with Crippen LogP contribution in [0.4, 0.5) is 0 Å². The summed E-state index contributed by atoms with van der Waals surface area (Å²) in [6, 6.07) is 1.74. The molecule has 0 spiro atoms. The largest absolute Gasteiger partial charge is 0.418 e. The van der Waals surface area contributed by atoms with Crippen molar-refractivity contribution in [2.45, 2.75) is 6.54 Å². The summed E-state index contributed by atoms with van der Waals surface area (Å²) in [5, 5.41) is 0. The number of aromatic amines is 1. The molecule has 2 aromatic rings. The lowest BCUT2D eigenvalue weighted by Crippen LogP contribution is -1.96. The molecule has 0 unspecified atom stereocenters. The monoisotopic (exact) mass is 165 g/mol. The predicted octanol–water partition coefficient (Wildman–Crippen LogP) is -0.0252. The van der Waals surface area contributed by atoms with Gasteiger partial charge < -0.3 is 10.2 Å². The Morgan fingerprint density at radius 2 is 2.50 bits per heavy atom. The van der Waals surface area contributed by atoms with Crippen LogP contribution in [0.15, 0.2) is 21.5 Å². The van der Waals surface area contributed by atoms with Crippen molar-refractivity contribution in [1.29, 1.82) is 0 Å². The molecule has 3 N–H and O–H groups in total. The van der Waals surface area contributed by atoms with Crippen LogP contribution < -0.4 is 11.5 Å². The van der Waals surface area contributed by atoms with Gasteiger partial charge in [-0.1, -0.05) is 0 Å². The van der Waals surface area contributed by atoms with Crippen LogP contribution in [0, 0.1) is 0 Å². The maximum absolute atomic E-state index is 10.7. The van der Waals surface area contributed by atoms with Gasteiger partial charge in [-0.3, -0.25) is 4.98 Å². The topological polar surface area (TPSA) is 84.9 Å². The third kappa shape index (κ3) is 0.998. The summed E-state index contributed by atoms with van der Waals surface area (Å²) in [4.78, 5) is 17.1. The van der Waals surface area contributed by atoms with Gasteiger partial charge in [-0.25, -0.2) is 9.78 Å². The molecule has 0 aliphatic heterocycles. The molecule has 0 aromatic carbocycles. The highest BCUT2D eigenvalue weighted by molar-refractivity contribution is 5.67. The van der Waals surface area contributed by atoms with Gasteiger partial charge in [0.15, 0.2) is 0 Å². The number of hydrogen-bond donors (Lipinski definition) is 2. The van der Waals surface area contributed by atoms with Crippen molar-refractivity contribution in [1.82, 2.24) is 9.97 Å². The van der Waals surface area contributed by atoms with E-state index in [1.165, 1.54) is 0 Å². The van der Waals surface area contributed by atoms with Crippen LogP contribution in [-0.4, -0.2) is 9.97 Å². The first kappa shape index (κ1) is 7.05. The fourth-order valence-corrected chi connectivity index (χ4v) is 1.00. The SMILES string of the molecule is NCc1cnc2oc(=O)[nH]c2c1. The van der Waals surface area contributed by atoms with E-state index >= 15 is 0 Å². The molecule has 2 aromatic heterocycles. The number of aromatic nitrogens is 2. The van der Waals surface area contributed by atoms with Crippen LogP contribution in [0.2, 0.25) is 0 Å². The highest BCUT2D eigenvalue weighted by Crippen LogP contribution is 2.07. The van der Waals surface area contributed by atoms with E-state index < -0.39 is 5.76 Å². The van der Waals surface area contributed by atoms with Crippen LogP contribution >= 0.6 is 0 Å². The zero-order chi connectivity index (χ0) is 8.55. The van der Waals surface area contributed by atoms with Crippen molar-refractivity contribution in [3.63, 3.8) is 0 Å². The molecule has 12 heavy (non-hydrogen) atoms. The molecule has 0 bridgehead atoms. The van der Waals surface area contributed by atoms with Gasteiger partial charge in [0.05, 0.1) is 0 Å². The first-order valence-corrected chi connectivity index (χ1v) is 3.47. The molecule has 62 valence electrons. The fraction of sp³-hybridized carbons (Fsp3) is 0.143. The Labute approximate surface area is 67.2 Å². The fourth-order valence-electron chi connectivity index (χ4n) is 1.00. The van der Waals surface area contributed by atoms with E-state index in [1.807, 2.05) is 0 Å².